The van der Waals surface area contributed by atoms with Crippen LogP contribution in [0.25, 0.3) is 0 Å². The lowest BCUT2D eigenvalue weighted by Gasteiger charge is -2.48. The molecule has 0 amide bonds. The van der Waals surface area contributed by atoms with E-state index in [0.29, 0.717) is 62.2 Å². The van der Waals surface area contributed by atoms with Gasteiger partial charge in [0.2, 0.25) is 0 Å². The van der Waals surface area contributed by atoms with Crippen LogP contribution >= 0.6 is 0 Å². The first-order valence-corrected chi connectivity index (χ1v) is 17.5. The predicted molar refractivity (Wildman–Crippen MR) is 165 cm³/mol. The lowest BCUT2D eigenvalue weighted by atomic mass is 9.88. The molecule has 0 bridgehead atoms. The molecule has 260 valence electrons. The smallest absolute Gasteiger partial charge is 0.298 e. The van der Waals surface area contributed by atoms with Crippen LogP contribution in [0.15, 0.2) is 36.7 Å². The molecule has 0 N–H and O–H groups in total. The maximum absolute atomic E-state index is 15.5. The topological polar surface area (TPSA) is 55.8 Å². The van der Waals surface area contributed by atoms with Crippen molar-refractivity contribution in [2.45, 2.75) is 98.7 Å². The van der Waals surface area contributed by atoms with E-state index in [4.69, 9.17) is 0 Å². The van der Waals surface area contributed by atoms with E-state index in [1.54, 1.807) is 0 Å². The molecule has 4 atom stereocenters. The first-order chi connectivity index (χ1) is 22.9. The van der Waals surface area contributed by atoms with Crippen LogP contribution in [0.1, 0.15) is 85.7 Å². The molecule has 4 aliphatic carbocycles. The predicted octanol–water partition coefficient (Wildman–Crippen LogP) is 5.58. The highest BCUT2D eigenvalue weighted by molar-refractivity contribution is 6.04. The number of hydrogen-bond acceptors (Lipinski definition) is 7. The van der Waals surface area contributed by atoms with E-state index in [1.807, 2.05) is 0 Å². The largest absolute Gasteiger partial charge is 0.433 e. The van der Waals surface area contributed by atoms with E-state index in [-0.39, 0.29) is 17.6 Å². The van der Waals surface area contributed by atoms with Gasteiger partial charge in [-0.3, -0.25) is 34.4 Å². The van der Waals surface area contributed by atoms with Crippen molar-refractivity contribution in [3.8, 4) is 0 Å². The Morgan fingerprint density at radius 3 is 1.25 bits per heavy atom. The van der Waals surface area contributed by atoms with Crippen molar-refractivity contribution in [2.75, 3.05) is 52.4 Å². The first kappa shape index (κ1) is 32.6. The van der Waals surface area contributed by atoms with Crippen LogP contribution in [0.2, 0.25) is 0 Å². The van der Waals surface area contributed by atoms with Crippen molar-refractivity contribution in [2.24, 2.45) is 0 Å². The molecule has 6 fully saturated rings. The van der Waals surface area contributed by atoms with Crippen LogP contribution in [0, 0.1) is 0 Å². The van der Waals surface area contributed by atoms with Crippen LogP contribution in [0.3, 0.4) is 0 Å². The van der Waals surface area contributed by atoms with E-state index in [2.05, 4.69) is 29.6 Å². The second-order valence-electron chi connectivity index (χ2n) is 14.9. The number of halogens is 6. The molecule has 4 unspecified atom stereocenters. The van der Waals surface area contributed by atoms with Crippen LogP contribution in [0.5, 0.6) is 0 Å². The van der Waals surface area contributed by atoms with E-state index in [9.17, 15) is 26.3 Å². The van der Waals surface area contributed by atoms with Crippen LogP contribution in [-0.2, 0) is 17.1 Å². The molecule has 7 nitrogen and oxygen atoms in total. The Morgan fingerprint density at radius 2 is 0.979 bits per heavy atom. The maximum atomic E-state index is 15.5. The van der Waals surface area contributed by atoms with Gasteiger partial charge in [0.25, 0.3) is 0 Å². The number of piperazine rings is 2. The Kier molecular flexibility index (Phi) is 7.97. The minimum atomic E-state index is -4.56. The molecular weight excluding hydrogens is 634 g/mol. The van der Waals surface area contributed by atoms with Crippen LogP contribution in [-0.4, -0.2) is 111 Å². The van der Waals surface area contributed by atoms with Gasteiger partial charge in [-0.05, 0) is 61.8 Å². The molecule has 8 rings (SSSR count). The summed E-state index contributed by atoms with van der Waals surface area (Å²) in [5.41, 5.74) is -2.50. The molecule has 6 aliphatic rings. The molecule has 4 heterocycles. The summed E-state index contributed by atoms with van der Waals surface area (Å²) in [5, 5.41) is 0. The molecule has 0 radical (unpaired) electrons. The van der Waals surface area contributed by atoms with Gasteiger partial charge in [-0.15, -0.1) is 0 Å². The van der Waals surface area contributed by atoms with Gasteiger partial charge in [-0.1, -0.05) is 25.0 Å². The average molecular weight is 677 g/mol. The van der Waals surface area contributed by atoms with Crippen LogP contribution in [0.4, 0.5) is 26.3 Å². The Hall–Kier alpha value is -2.61. The second kappa shape index (κ2) is 11.7. The molecule has 48 heavy (non-hydrogen) atoms. The Bertz CT molecular complexity index is 1380. The SMILES string of the molecule is O=C(C1(N2CCN(C3CCC3)CC2)CC1c1ccc(C(F)(F)F)nc1)C1(N2CCN(C3CCC3)CC2)CC1c1ccc(C(F)(F)F)nc1. The Balaban J connectivity index is 1.12. The standard InChI is InChI=1S/C35H42F6N6O/c36-34(37,38)29-9-7-23(21-42-29)27-19-32(27,46-15-11-44(12-16-46)25-3-1-4-25)31(48)33(47-17-13-45(14-18-47)26-5-2-6-26)20-28(33)24-8-10-30(43-22-24)35(39,40)41/h7-10,21-22,25-28H,1-6,11-20H2. The van der Waals surface area contributed by atoms with Gasteiger partial charge < -0.3 is 0 Å². The van der Waals surface area contributed by atoms with E-state index in [1.165, 1.54) is 63.1 Å². The normalized spacial score (nSPS) is 32.9. The van der Waals surface area contributed by atoms with Gasteiger partial charge in [0, 0.05) is 88.7 Å². The monoisotopic (exact) mass is 676 g/mol. The summed E-state index contributed by atoms with van der Waals surface area (Å²) in [4.78, 5) is 32.5. The number of pyridine rings is 2. The third kappa shape index (κ3) is 5.47. The van der Waals surface area contributed by atoms with Gasteiger partial charge in [0.15, 0.2) is 5.78 Å². The van der Waals surface area contributed by atoms with Gasteiger partial charge >= 0.3 is 12.4 Å². The summed E-state index contributed by atoms with van der Waals surface area (Å²) in [7, 11) is 0. The van der Waals surface area contributed by atoms with Gasteiger partial charge in [0.1, 0.15) is 11.4 Å². The summed E-state index contributed by atoms with van der Waals surface area (Å²) in [6.07, 6.45) is 1.61. The third-order valence-corrected chi connectivity index (χ3v) is 12.5. The van der Waals surface area contributed by atoms with E-state index in [0.717, 1.165) is 38.3 Å². The summed E-state index contributed by atoms with van der Waals surface area (Å²) >= 11 is 0. The molecular formula is C35H42F6N6O. The van der Waals surface area contributed by atoms with Gasteiger partial charge in [-0.2, -0.15) is 26.3 Å². The zero-order valence-corrected chi connectivity index (χ0v) is 26.9. The second-order valence-corrected chi connectivity index (χ2v) is 14.9. The summed E-state index contributed by atoms with van der Waals surface area (Å²) < 4.78 is 80.4. The Labute approximate surface area is 276 Å². The van der Waals surface area contributed by atoms with Crippen LogP contribution < -0.4 is 0 Å². The van der Waals surface area contributed by atoms with Crippen molar-refractivity contribution in [3.63, 3.8) is 0 Å². The minimum absolute atomic E-state index is 0.0546. The van der Waals surface area contributed by atoms with Crippen molar-refractivity contribution in [3.05, 3.63) is 59.2 Å². The highest BCUT2D eigenvalue weighted by atomic mass is 19.4. The molecule has 0 aromatic carbocycles. The average Bonchev–Trinajstić information content (AvgIpc) is 3.94. The minimum Gasteiger partial charge on any atom is -0.298 e. The number of carbonyl (C=O) groups is 1. The lowest BCUT2D eigenvalue weighted by molar-refractivity contribution is -0.142. The lowest BCUT2D eigenvalue weighted by Crippen LogP contribution is -2.63. The van der Waals surface area contributed by atoms with Crippen molar-refractivity contribution in [1.82, 2.24) is 29.6 Å². The van der Waals surface area contributed by atoms with Crippen molar-refractivity contribution in [1.29, 1.82) is 0 Å². The van der Waals surface area contributed by atoms with Crippen molar-refractivity contribution >= 4 is 5.78 Å². The highest BCUT2D eigenvalue weighted by Gasteiger charge is 2.75. The number of alkyl halides is 6. The molecule has 2 aromatic rings. The van der Waals surface area contributed by atoms with E-state index >= 15 is 4.79 Å². The fourth-order valence-electron chi connectivity index (χ4n) is 9.19. The quantitative estimate of drug-likeness (QED) is 0.339. The molecule has 2 saturated heterocycles. The number of ketones is 1. The highest BCUT2D eigenvalue weighted by Crippen LogP contribution is 2.66. The summed E-state index contributed by atoms with van der Waals surface area (Å²) in [5.74, 6) is -0.565. The third-order valence-electron chi connectivity index (χ3n) is 12.5. The zero-order chi connectivity index (χ0) is 33.5. The molecule has 4 saturated carbocycles. The molecule has 2 aromatic heterocycles. The fraction of sp³-hybridized carbons (Fsp3) is 0.686. The number of rotatable bonds is 8. The maximum Gasteiger partial charge on any atom is 0.433 e. The summed E-state index contributed by atoms with van der Waals surface area (Å²) in [6.45, 7) is 6.06. The number of nitrogens with zero attached hydrogens (tertiary/aromatic N) is 6. The molecule has 0 spiro atoms. The Morgan fingerprint density at radius 1 is 0.604 bits per heavy atom. The number of carbonyl (C=O) groups excluding carboxylic acids is 1. The van der Waals surface area contributed by atoms with Crippen molar-refractivity contribution < 1.29 is 31.1 Å². The summed E-state index contributed by atoms with van der Waals surface area (Å²) in [6, 6.07) is 6.08. The van der Waals surface area contributed by atoms with Gasteiger partial charge in [0.05, 0.1) is 11.1 Å². The number of aromatic nitrogens is 2. The number of hydrogen-bond donors (Lipinski definition) is 0. The fourth-order valence-corrected chi connectivity index (χ4v) is 9.19. The van der Waals surface area contributed by atoms with Gasteiger partial charge in [-0.25, -0.2) is 0 Å². The molecule has 2 aliphatic heterocycles. The molecule has 13 heteroatoms. The zero-order valence-electron chi connectivity index (χ0n) is 26.9. The number of Topliss-reactive ketones (excluding diaryl/α,β-unsaturated/α-hetero) is 1. The van der Waals surface area contributed by atoms with E-state index < -0.39 is 34.8 Å². The first-order valence-electron chi connectivity index (χ1n) is 17.5.